The number of benzene rings is 2. The first-order valence-corrected chi connectivity index (χ1v) is 13.4. The molecule has 2 aromatic carbocycles. The van der Waals surface area contributed by atoms with Gasteiger partial charge in [-0.15, -0.1) is 0 Å². The molecule has 0 saturated carbocycles. The number of anilines is 1. The van der Waals surface area contributed by atoms with Crippen molar-refractivity contribution in [2.75, 3.05) is 19.5 Å². The van der Waals surface area contributed by atoms with Gasteiger partial charge in [-0.05, 0) is 30.7 Å². The molecule has 1 amide bonds. The van der Waals surface area contributed by atoms with Crippen LogP contribution in [0.2, 0.25) is 19.6 Å². The van der Waals surface area contributed by atoms with Crippen molar-refractivity contribution < 1.29 is 28.5 Å². The van der Waals surface area contributed by atoms with Crippen LogP contribution in [0.5, 0.6) is 17.2 Å². The Hall–Kier alpha value is -3.26. The van der Waals surface area contributed by atoms with E-state index in [1.165, 1.54) is 25.5 Å². The van der Waals surface area contributed by atoms with Gasteiger partial charge < -0.3 is 24.3 Å². The molecule has 31 heavy (non-hydrogen) atoms. The van der Waals surface area contributed by atoms with Crippen molar-refractivity contribution in [2.24, 2.45) is 0 Å². The van der Waals surface area contributed by atoms with Crippen LogP contribution < -0.4 is 24.7 Å². The number of rotatable bonds is 7. The number of methoxy groups -OCH3 is 2. The molecule has 0 bridgehead atoms. The zero-order valence-corrected chi connectivity index (χ0v) is 19.6. The number of nitrogens with one attached hydrogen (secondary N) is 1. The summed E-state index contributed by atoms with van der Waals surface area (Å²) in [5.74, 6) is 0.224. The van der Waals surface area contributed by atoms with Crippen LogP contribution in [-0.4, -0.2) is 40.1 Å². The number of hydrogen-bond donors (Lipinski definition) is 1. The molecule has 0 saturated heterocycles. The number of carbonyl (C=O) groups excluding carboxylic acids is 2. The van der Waals surface area contributed by atoms with E-state index >= 15 is 0 Å². The van der Waals surface area contributed by atoms with Gasteiger partial charge >= 0.3 is 0 Å². The van der Waals surface area contributed by atoms with Gasteiger partial charge in [0.05, 0.1) is 28.4 Å². The highest BCUT2D eigenvalue weighted by Gasteiger charge is 2.36. The fourth-order valence-electron chi connectivity index (χ4n) is 3.14. The molecule has 0 spiro atoms. The van der Waals surface area contributed by atoms with E-state index in [9.17, 15) is 9.59 Å². The van der Waals surface area contributed by atoms with Gasteiger partial charge in [0.2, 0.25) is 11.9 Å². The molecule has 164 valence electrons. The molecule has 0 aromatic heterocycles. The number of amides is 1. The second kappa shape index (κ2) is 8.85. The number of ketones is 1. The van der Waals surface area contributed by atoms with Crippen LogP contribution in [0.1, 0.15) is 5.56 Å². The molecule has 8 heteroatoms. The van der Waals surface area contributed by atoms with Crippen molar-refractivity contribution in [3.05, 3.63) is 54.0 Å². The molecule has 1 unspecified atom stereocenters. The quantitative estimate of drug-likeness (QED) is 0.524. The number of hydrogen-bond acceptors (Lipinski definition) is 6. The minimum absolute atomic E-state index is 0.0130. The summed E-state index contributed by atoms with van der Waals surface area (Å²) >= 11 is 0. The normalized spacial score (nSPS) is 15.7. The third-order valence-corrected chi connectivity index (χ3v) is 6.96. The summed E-state index contributed by atoms with van der Waals surface area (Å²) in [5.41, 5.74) is 1.25. The van der Waals surface area contributed by atoms with Crippen LogP contribution >= 0.6 is 0 Å². The zero-order chi connectivity index (χ0) is 22.8. The highest BCUT2D eigenvalue weighted by atomic mass is 28.3. The highest BCUT2D eigenvalue weighted by Crippen LogP contribution is 2.34. The molecule has 1 aliphatic heterocycles. The molecule has 0 fully saturated rings. The molecular weight excluding hydrogens is 414 g/mol. The maximum Gasteiger partial charge on any atom is 0.289 e. The van der Waals surface area contributed by atoms with Crippen molar-refractivity contribution in [3.63, 3.8) is 0 Å². The fourth-order valence-corrected chi connectivity index (χ4v) is 4.37. The van der Waals surface area contributed by atoms with Crippen LogP contribution in [0.4, 0.5) is 5.69 Å². The standard InChI is InChI=1S/C23H27NO6Si/c1-14-12-15(31(4,5)6)10-11-17(14)29-20-13-16(25)22(30-20)23(26)24-21-18(27-2)8-7-9-19(21)28-3/h7-13,22H,1-6H3,(H,24,26). The Bertz CT molecular complexity index is 1020. The second-order valence-electron chi connectivity index (χ2n) is 8.22. The van der Waals surface area contributed by atoms with E-state index in [0.717, 1.165) is 5.56 Å². The first-order chi connectivity index (χ1) is 14.6. The van der Waals surface area contributed by atoms with Crippen molar-refractivity contribution in [2.45, 2.75) is 32.7 Å². The molecule has 0 radical (unpaired) electrons. The predicted molar refractivity (Wildman–Crippen MR) is 121 cm³/mol. The third kappa shape index (κ3) is 4.91. The van der Waals surface area contributed by atoms with Gasteiger partial charge in [0, 0.05) is 0 Å². The molecule has 1 N–H and O–H groups in total. The highest BCUT2D eigenvalue weighted by molar-refractivity contribution is 6.88. The maximum atomic E-state index is 12.7. The lowest BCUT2D eigenvalue weighted by molar-refractivity contribution is -0.134. The lowest BCUT2D eigenvalue weighted by Crippen LogP contribution is -2.37. The van der Waals surface area contributed by atoms with E-state index in [1.807, 2.05) is 19.1 Å². The lowest BCUT2D eigenvalue weighted by atomic mass is 10.2. The Morgan fingerprint density at radius 1 is 1.03 bits per heavy atom. The molecule has 7 nitrogen and oxygen atoms in total. The Kier molecular flexibility index (Phi) is 6.40. The lowest BCUT2D eigenvalue weighted by Gasteiger charge is -2.19. The molecule has 2 aromatic rings. The SMILES string of the molecule is COc1cccc(OC)c1NC(=O)C1OC(Oc2ccc([Si](C)(C)C)cc2C)=CC1=O. The molecule has 3 rings (SSSR count). The summed E-state index contributed by atoms with van der Waals surface area (Å²) in [6.07, 6.45) is -0.165. The van der Waals surface area contributed by atoms with Gasteiger partial charge in [-0.1, -0.05) is 43.0 Å². The summed E-state index contributed by atoms with van der Waals surface area (Å²) in [5, 5.41) is 3.96. The largest absolute Gasteiger partial charge is 0.494 e. The van der Waals surface area contributed by atoms with E-state index in [0.29, 0.717) is 22.9 Å². The van der Waals surface area contributed by atoms with E-state index in [-0.39, 0.29) is 5.95 Å². The van der Waals surface area contributed by atoms with Crippen molar-refractivity contribution in [3.8, 4) is 17.2 Å². The monoisotopic (exact) mass is 441 g/mol. The van der Waals surface area contributed by atoms with Crippen LogP contribution in [-0.2, 0) is 14.3 Å². The first-order valence-electron chi connectivity index (χ1n) is 9.87. The Balaban J connectivity index is 1.72. The number of ether oxygens (including phenoxy) is 4. The van der Waals surface area contributed by atoms with E-state index in [2.05, 4.69) is 31.0 Å². The van der Waals surface area contributed by atoms with Crippen molar-refractivity contribution in [1.82, 2.24) is 0 Å². The van der Waals surface area contributed by atoms with Crippen molar-refractivity contribution >= 4 is 30.6 Å². The van der Waals surface area contributed by atoms with E-state index in [1.54, 1.807) is 18.2 Å². The van der Waals surface area contributed by atoms with E-state index in [4.69, 9.17) is 18.9 Å². The average Bonchev–Trinajstić information content (AvgIpc) is 3.09. The minimum Gasteiger partial charge on any atom is -0.494 e. The average molecular weight is 442 g/mol. The third-order valence-electron chi connectivity index (χ3n) is 4.92. The molecular formula is C23H27NO6Si. The smallest absolute Gasteiger partial charge is 0.289 e. The second-order valence-corrected chi connectivity index (χ2v) is 13.3. The van der Waals surface area contributed by atoms with E-state index < -0.39 is 25.9 Å². The predicted octanol–water partition coefficient (Wildman–Crippen LogP) is 3.38. The Morgan fingerprint density at radius 3 is 2.23 bits per heavy atom. The van der Waals surface area contributed by atoms with Gasteiger partial charge in [0.1, 0.15) is 22.9 Å². The van der Waals surface area contributed by atoms with Gasteiger partial charge in [-0.25, -0.2) is 0 Å². The first kappa shape index (κ1) is 22.4. The van der Waals surface area contributed by atoms with Gasteiger partial charge in [0.25, 0.3) is 11.9 Å². The minimum atomic E-state index is -1.45. The van der Waals surface area contributed by atoms with Crippen LogP contribution in [0, 0.1) is 6.92 Å². The van der Waals surface area contributed by atoms with Crippen LogP contribution in [0.15, 0.2) is 48.4 Å². The molecule has 1 heterocycles. The maximum absolute atomic E-state index is 12.7. The van der Waals surface area contributed by atoms with Gasteiger partial charge in [-0.2, -0.15) is 0 Å². The van der Waals surface area contributed by atoms with Crippen molar-refractivity contribution in [1.29, 1.82) is 0 Å². The summed E-state index contributed by atoms with van der Waals surface area (Å²) in [7, 11) is 1.50. The molecule has 1 aliphatic rings. The van der Waals surface area contributed by atoms with Crippen LogP contribution in [0.25, 0.3) is 0 Å². The van der Waals surface area contributed by atoms with Gasteiger partial charge in [0.15, 0.2) is 0 Å². The number of aryl methyl sites for hydroxylation is 1. The number of carbonyl (C=O) groups is 2. The summed E-state index contributed by atoms with van der Waals surface area (Å²) < 4.78 is 21.8. The summed E-state index contributed by atoms with van der Waals surface area (Å²) in [4.78, 5) is 25.1. The fraction of sp³-hybridized carbons (Fsp3) is 0.304. The van der Waals surface area contributed by atoms with Gasteiger partial charge in [-0.3, -0.25) is 9.59 Å². The summed E-state index contributed by atoms with van der Waals surface area (Å²) in [6, 6.07) is 11.1. The topological polar surface area (TPSA) is 83.1 Å². The summed E-state index contributed by atoms with van der Waals surface area (Å²) in [6.45, 7) is 8.74. The Morgan fingerprint density at radius 2 is 1.68 bits per heavy atom. The zero-order valence-electron chi connectivity index (χ0n) is 18.6. The van der Waals surface area contributed by atoms with Crippen LogP contribution in [0.3, 0.4) is 0 Å². The molecule has 0 aliphatic carbocycles. The molecule has 1 atom stereocenters. The Labute approximate surface area is 183 Å². The number of para-hydroxylation sites is 1.